The normalized spacial score (nSPS) is 13.0. The molecule has 2 aromatic carbocycles. The van der Waals surface area contributed by atoms with Crippen LogP contribution in [-0.2, 0) is 10.0 Å². The lowest BCUT2D eigenvalue weighted by atomic mass is 10.1. The Kier molecular flexibility index (Phi) is 4.70. The van der Waals surface area contributed by atoms with E-state index in [-0.39, 0.29) is 10.9 Å². The fourth-order valence-corrected chi connectivity index (χ4v) is 2.92. The summed E-state index contributed by atoms with van der Waals surface area (Å²) in [5.41, 5.74) is 3.13. The monoisotopic (exact) mass is 368 g/mol. The lowest BCUT2D eigenvalue weighted by molar-refractivity contribution is 0.597. The van der Waals surface area contributed by atoms with Gasteiger partial charge in [-0.25, -0.2) is 13.6 Å². The van der Waals surface area contributed by atoms with Gasteiger partial charge in [0, 0.05) is 16.2 Å². The maximum Gasteiger partial charge on any atom is 0.238 e. The zero-order valence-corrected chi connectivity index (χ0v) is 14.2. The number of benzene rings is 2. The third kappa shape index (κ3) is 3.84. The van der Waals surface area contributed by atoms with Crippen LogP contribution >= 0.6 is 15.9 Å². The number of hydrogen-bond acceptors (Lipinski definition) is 3. The van der Waals surface area contributed by atoms with E-state index in [0.717, 1.165) is 21.3 Å². The number of primary sulfonamides is 1. The van der Waals surface area contributed by atoms with E-state index in [0.29, 0.717) is 0 Å². The highest BCUT2D eigenvalue weighted by Gasteiger charge is 2.11. The number of sulfonamides is 1. The van der Waals surface area contributed by atoms with Gasteiger partial charge in [-0.05, 0) is 59.1 Å². The summed E-state index contributed by atoms with van der Waals surface area (Å²) in [6.45, 7) is 4.04. The molecule has 4 nitrogen and oxygen atoms in total. The first-order valence-corrected chi connectivity index (χ1v) is 8.77. The van der Waals surface area contributed by atoms with Gasteiger partial charge in [-0.15, -0.1) is 0 Å². The van der Waals surface area contributed by atoms with E-state index in [1.165, 1.54) is 12.1 Å². The molecular formula is C15H17BrN2O2S. The smallest absolute Gasteiger partial charge is 0.238 e. The average molecular weight is 369 g/mol. The van der Waals surface area contributed by atoms with Crippen molar-refractivity contribution < 1.29 is 8.42 Å². The molecule has 21 heavy (non-hydrogen) atoms. The Labute approximate surface area is 133 Å². The number of nitrogens with one attached hydrogen (secondary N) is 1. The minimum atomic E-state index is -3.64. The second kappa shape index (κ2) is 6.17. The molecule has 0 heterocycles. The Balaban J connectivity index is 2.21. The highest BCUT2D eigenvalue weighted by Crippen LogP contribution is 2.29. The Morgan fingerprint density at radius 3 is 2.33 bits per heavy atom. The molecule has 2 aromatic rings. The van der Waals surface area contributed by atoms with Crippen LogP contribution < -0.4 is 10.5 Å². The fraction of sp³-hybridized carbons (Fsp3) is 0.200. The van der Waals surface area contributed by atoms with Crippen LogP contribution in [0, 0.1) is 6.92 Å². The lowest BCUT2D eigenvalue weighted by Crippen LogP contribution is -2.13. The van der Waals surface area contributed by atoms with E-state index in [1.807, 2.05) is 32.0 Å². The van der Waals surface area contributed by atoms with Crippen molar-refractivity contribution in [1.82, 2.24) is 0 Å². The van der Waals surface area contributed by atoms with Crippen LogP contribution in [0.1, 0.15) is 24.1 Å². The lowest BCUT2D eigenvalue weighted by Gasteiger charge is -2.18. The van der Waals surface area contributed by atoms with Crippen LogP contribution in [0.3, 0.4) is 0 Å². The van der Waals surface area contributed by atoms with Gasteiger partial charge in [-0.3, -0.25) is 0 Å². The molecule has 0 bridgehead atoms. The molecule has 0 saturated carbocycles. The summed E-state index contributed by atoms with van der Waals surface area (Å²) in [5, 5.41) is 8.49. The third-order valence-electron chi connectivity index (χ3n) is 3.27. The van der Waals surface area contributed by atoms with E-state index in [4.69, 9.17) is 5.14 Å². The van der Waals surface area contributed by atoms with Crippen molar-refractivity contribution in [3.8, 4) is 0 Å². The zero-order chi connectivity index (χ0) is 15.6. The van der Waals surface area contributed by atoms with Crippen LogP contribution in [0.15, 0.2) is 51.8 Å². The molecular weight excluding hydrogens is 352 g/mol. The maximum atomic E-state index is 11.2. The van der Waals surface area contributed by atoms with E-state index < -0.39 is 10.0 Å². The minimum Gasteiger partial charge on any atom is -0.378 e. The highest BCUT2D eigenvalue weighted by atomic mass is 79.9. The first kappa shape index (κ1) is 16.0. The van der Waals surface area contributed by atoms with Crippen molar-refractivity contribution in [2.45, 2.75) is 24.8 Å². The van der Waals surface area contributed by atoms with Gasteiger partial charge in [0.15, 0.2) is 0 Å². The van der Waals surface area contributed by atoms with Crippen LogP contribution in [0.2, 0.25) is 0 Å². The predicted octanol–water partition coefficient (Wildman–Crippen LogP) is 3.58. The summed E-state index contributed by atoms with van der Waals surface area (Å²) >= 11 is 3.56. The van der Waals surface area contributed by atoms with Crippen molar-refractivity contribution in [3.63, 3.8) is 0 Å². The number of halogens is 1. The largest absolute Gasteiger partial charge is 0.378 e. The van der Waals surface area contributed by atoms with E-state index in [2.05, 4.69) is 21.2 Å². The van der Waals surface area contributed by atoms with Crippen molar-refractivity contribution in [1.29, 1.82) is 0 Å². The van der Waals surface area contributed by atoms with Crippen molar-refractivity contribution >= 4 is 31.6 Å². The molecule has 2 rings (SSSR count). The van der Waals surface area contributed by atoms with Gasteiger partial charge in [0.25, 0.3) is 0 Å². The molecule has 0 fully saturated rings. The van der Waals surface area contributed by atoms with Crippen LogP contribution in [0.4, 0.5) is 5.69 Å². The molecule has 0 amide bonds. The first-order chi connectivity index (χ1) is 9.79. The van der Waals surface area contributed by atoms with Gasteiger partial charge in [-0.2, -0.15) is 0 Å². The SMILES string of the molecule is Cc1cccc(NC(C)c2ccc(S(N)(=O)=O)cc2)c1Br. The number of hydrogen-bond donors (Lipinski definition) is 2. The number of aryl methyl sites for hydroxylation is 1. The zero-order valence-electron chi connectivity index (χ0n) is 11.8. The molecule has 3 N–H and O–H groups in total. The summed E-state index contributed by atoms with van der Waals surface area (Å²) in [7, 11) is -3.64. The second-order valence-corrected chi connectivity index (χ2v) is 7.27. The standard InChI is InChI=1S/C15H17BrN2O2S/c1-10-4-3-5-14(15(10)16)18-11(2)12-6-8-13(9-7-12)21(17,19)20/h3-9,11,18H,1-2H3,(H2,17,19,20). The molecule has 0 aromatic heterocycles. The summed E-state index contributed by atoms with van der Waals surface area (Å²) in [6.07, 6.45) is 0. The Morgan fingerprint density at radius 2 is 1.76 bits per heavy atom. The van der Waals surface area contributed by atoms with Gasteiger partial charge in [0.05, 0.1) is 4.90 Å². The summed E-state index contributed by atoms with van der Waals surface area (Å²) in [4.78, 5) is 0.121. The summed E-state index contributed by atoms with van der Waals surface area (Å²) in [6, 6.07) is 12.6. The number of nitrogens with two attached hydrogens (primary N) is 1. The fourth-order valence-electron chi connectivity index (χ4n) is 2.02. The Hall–Kier alpha value is -1.37. The summed E-state index contributed by atoms with van der Waals surface area (Å²) in [5.74, 6) is 0. The molecule has 1 atom stereocenters. The topological polar surface area (TPSA) is 72.2 Å². The third-order valence-corrected chi connectivity index (χ3v) is 5.25. The maximum absolute atomic E-state index is 11.2. The van der Waals surface area contributed by atoms with E-state index in [9.17, 15) is 8.42 Å². The number of anilines is 1. The van der Waals surface area contributed by atoms with Crippen molar-refractivity contribution in [2.75, 3.05) is 5.32 Å². The molecule has 0 spiro atoms. The van der Waals surface area contributed by atoms with Gasteiger partial charge in [-0.1, -0.05) is 24.3 Å². The molecule has 0 aliphatic heterocycles. The molecule has 6 heteroatoms. The molecule has 1 unspecified atom stereocenters. The first-order valence-electron chi connectivity index (χ1n) is 6.43. The van der Waals surface area contributed by atoms with Gasteiger partial charge >= 0.3 is 0 Å². The number of rotatable bonds is 4. The van der Waals surface area contributed by atoms with Crippen molar-refractivity contribution in [3.05, 3.63) is 58.1 Å². The molecule has 112 valence electrons. The second-order valence-electron chi connectivity index (χ2n) is 4.92. The van der Waals surface area contributed by atoms with Crippen LogP contribution in [0.5, 0.6) is 0 Å². The molecule has 0 aliphatic carbocycles. The quantitative estimate of drug-likeness (QED) is 0.865. The van der Waals surface area contributed by atoms with Crippen LogP contribution in [-0.4, -0.2) is 8.42 Å². The van der Waals surface area contributed by atoms with E-state index >= 15 is 0 Å². The molecule has 0 aliphatic rings. The summed E-state index contributed by atoms with van der Waals surface area (Å²) < 4.78 is 23.5. The van der Waals surface area contributed by atoms with Gasteiger partial charge in [0.2, 0.25) is 10.0 Å². The molecule has 0 saturated heterocycles. The van der Waals surface area contributed by atoms with Crippen LogP contribution in [0.25, 0.3) is 0 Å². The Morgan fingerprint density at radius 1 is 1.14 bits per heavy atom. The van der Waals surface area contributed by atoms with E-state index in [1.54, 1.807) is 12.1 Å². The average Bonchev–Trinajstić information content (AvgIpc) is 2.43. The van der Waals surface area contributed by atoms with Gasteiger partial charge in [0.1, 0.15) is 0 Å². The highest BCUT2D eigenvalue weighted by molar-refractivity contribution is 9.10. The predicted molar refractivity (Wildman–Crippen MR) is 88.7 cm³/mol. The van der Waals surface area contributed by atoms with Crippen molar-refractivity contribution in [2.24, 2.45) is 5.14 Å². The Bertz CT molecular complexity index is 743. The van der Waals surface area contributed by atoms with Gasteiger partial charge < -0.3 is 5.32 Å². The minimum absolute atomic E-state index is 0.0395. The molecule has 0 radical (unpaired) electrons.